The number of nitrogens with two attached hydrogens (primary N) is 1. The van der Waals surface area contributed by atoms with Gasteiger partial charge in [-0.25, -0.2) is 0 Å². The quantitative estimate of drug-likeness (QED) is 0.735. The van der Waals surface area contributed by atoms with Crippen LogP contribution in [0.25, 0.3) is 10.9 Å². The average Bonchev–Trinajstić information content (AvgIpc) is 2.72. The molecule has 1 heterocycles. The lowest BCUT2D eigenvalue weighted by Crippen LogP contribution is -2.01. The normalized spacial score (nSPS) is 10.9. The second-order valence-electron chi connectivity index (χ2n) is 5.12. The molecule has 0 spiro atoms. The highest BCUT2D eigenvalue weighted by Crippen LogP contribution is 2.22. The van der Waals surface area contributed by atoms with Crippen molar-refractivity contribution in [3.63, 3.8) is 0 Å². The van der Waals surface area contributed by atoms with Gasteiger partial charge in [-0.1, -0.05) is 12.1 Å². The van der Waals surface area contributed by atoms with Crippen molar-refractivity contribution in [2.45, 2.75) is 13.5 Å². The van der Waals surface area contributed by atoms with E-state index in [1.807, 2.05) is 43.4 Å². The first-order valence-corrected chi connectivity index (χ1v) is 6.67. The minimum absolute atomic E-state index is 0.550. The van der Waals surface area contributed by atoms with E-state index in [9.17, 15) is 0 Å². The second kappa shape index (κ2) is 4.93. The minimum Gasteiger partial charge on any atom is -0.487 e. The van der Waals surface area contributed by atoms with Crippen LogP contribution in [-0.2, 0) is 13.7 Å². The third-order valence-corrected chi connectivity index (χ3v) is 3.54. The molecule has 3 heteroatoms. The van der Waals surface area contributed by atoms with Gasteiger partial charge in [-0.15, -0.1) is 0 Å². The number of ether oxygens (including phenoxy) is 1. The van der Waals surface area contributed by atoms with Gasteiger partial charge >= 0.3 is 0 Å². The molecule has 0 saturated heterocycles. The smallest absolute Gasteiger partial charge is 0.128 e. The van der Waals surface area contributed by atoms with E-state index in [0.29, 0.717) is 6.61 Å². The number of hydrogen-bond acceptors (Lipinski definition) is 2. The van der Waals surface area contributed by atoms with Crippen LogP contribution in [0.3, 0.4) is 0 Å². The molecule has 0 atom stereocenters. The van der Waals surface area contributed by atoms with Gasteiger partial charge in [0.05, 0.1) is 5.69 Å². The second-order valence-corrected chi connectivity index (χ2v) is 5.12. The van der Waals surface area contributed by atoms with Crippen molar-refractivity contribution in [3.8, 4) is 5.75 Å². The fraction of sp³-hybridized carbons (Fsp3) is 0.176. The maximum Gasteiger partial charge on any atom is 0.128 e. The molecule has 0 unspecified atom stereocenters. The Hall–Kier alpha value is -2.42. The van der Waals surface area contributed by atoms with Crippen LogP contribution in [0.2, 0.25) is 0 Å². The molecule has 0 saturated carbocycles. The number of aromatic nitrogens is 1. The first kappa shape index (κ1) is 12.6. The molecular weight excluding hydrogens is 248 g/mol. The van der Waals surface area contributed by atoms with Gasteiger partial charge in [-0.3, -0.25) is 0 Å². The predicted octanol–water partition coefficient (Wildman–Crippen LogP) is 3.65. The van der Waals surface area contributed by atoms with Crippen molar-refractivity contribution in [2.75, 3.05) is 5.73 Å². The summed E-state index contributed by atoms with van der Waals surface area (Å²) >= 11 is 0. The third kappa shape index (κ3) is 2.35. The zero-order chi connectivity index (χ0) is 14.1. The van der Waals surface area contributed by atoms with Crippen molar-refractivity contribution in [2.24, 2.45) is 7.05 Å². The number of hydrogen-bond donors (Lipinski definition) is 1. The van der Waals surface area contributed by atoms with Crippen molar-refractivity contribution >= 4 is 16.6 Å². The van der Waals surface area contributed by atoms with Crippen LogP contribution >= 0.6 is 0 Å². The number of rotatable bonds is 3. The van der Waals surface area contributed by atoms with Crippen LogP contribution in [-0.4, -0.2) is 4.57 Å². The molecule has 1 aromatic heterocycles. The summed E-state index contributed by atoms with van der Waals surface area (Å²) in [6.45, 7) is 2.61. The van der Waals surface area contributed by atoms with E-state index in [1.165, 1.54) is 11.1 Å². The van der Waals surface area contributed by atoms with Gasteiger partial charge in [-0.2, -0.15) is 0 Å². The first-order valence-electron chi connectivity index (χ1n) is 6.67. The summed E-state index contributed by atoms with van der Waals surface area (Å²) in [5, 5.41) is 1.15. The molecule has 2 aromatic carbocycles. The SMILES string of the molecule is Cc1cccc(OCc2cc3cc(N)ccc3n2C)c1. The predicted molar refractivity (Wildman–Crippen MR) is 82.8 cm³/mol. The summed E-state index contributed by atoms with van der Waals surface area (Å²) in [6.07, 6.45) is 0. The van der Waals surface area contributed by atoms with Crippen LogP contribution < -0.4 is 10.5 Å². The Morgan fingerprint density at radius 3 is 2.75 bits per heavy atom. The van der Waals surface area contributed by atoms with Gasteiger partial charge in [-0.05, 0) is 48.9 Å². The highest BCUT2D eigenvalue weighted by molar-refractivity contribution is 5.84. The molecule has 3 nitrogen and oxygen atoms in total. The summed E-state index contributed by atoms with van der Waals surface area (Å²) < 4.78 is 8.00. The highest BCUT2D eigenvalue weighted by Gasteiger charge is 2.06. The summed E-state index contributed by atoms with van der Waals surface area (Å²) in [4.78, 5) is 0. The zero-order valence-electron chi connectivity index (χ0n) is 11.8. The minimum atomic E-state index is 0.550. The van der Waals surface area contributed by atoms with Gasteiger partial charge in [0.1, 0.15) is 12.4 Å². The molecule has 0 fully saturated rings. The molecule has 0 bridgehead atoms. The van der Waals surface area contributed by atoms with E-state index in [1.54, 1.807) is 0 Å². The maximum absolute atomic E-state index is 5.86. The van der Waals surface area contributed by atoms with Crippen LogP contribution in [0.4, 0.5) is 5.69 Å². The third-order valence-electron chi connectivity index (χ3n) is 3.54. The molecule has 2 N–H and O–H groups in total. The first-order chi connectivity index (χ1) is 9.63. The Morgan fingerprint density at radius 2 is 1.95 bits per heavy atom. The van der Waals surface area contributed by atoms with Crippen molar-refractivity contribution in [3.05, 3.63) is 59.8 Å². The summed E-state index contributed by atoms with van der Waals surface area (Å²) in [5.41, 5.74) is 10.1. The van der Waals surface area contributed by atoms with Gasteiger partial charge in [0, 0.05) is 23.6 Å². The van der Waals surface area contributed by atoms with E-state index < -0.39 is 0 Å². The molecule has 3 rings (SSSR count). The van der Waals surface area contributed by atoms with E-state index in [2.05, 4.69) is 23.6 Å². The number of benzene rings is 2. The van der Waals surface area contributed by atoms with Gasteiger partial charge in [0.25, 0.3) is 0 Å². The topological polar surface area (TPSA) is 40.2 Å². The van der Waals surface area contributed by atoms with Gasteiger partial charge in [0.2, 0.25) is 0 Å². The highest BCUT2D eigenvalue weighted by atomic mass is 16.5. The Kier molecular flexibility index (Phi) is 3.11. The lowest BCUT2D eigenvalue weighted by molar-refractivity contribution is 0.297. The number of anilines is 1. The van der Waals surface area contributed by atoms with E-state index in [-0.39, 0.29) is 0 Å². The Morgan fingerprint density at radius 1 is 1.10 bits per heavy atom. The number of aryl methyl sites for hydroxylation is 2. The van der Waals surface area contributed by atoms with E-state index >= 15 is 0 Å². The van der Waals surface area contributed by atoms with Crippen LogP contribution in [0.1, 0.15) is 11.3 Å². The molecule has 0 radical (unpaired) electrons. The van der Waals surface area contributed by atoms with Gasteiger partial charge in [0.15, 0.2) is 0 Å². The molecule has 3 aromatic rings. The van der Waals surface area contributed by atoms with E-state index in [0.717, 1.165) is 22.5 Å². The average molecular weight is 266 g/mol. The molecule has 0 amide bonds. The summed E-state index contributed by atoms with van der Waals surface area (Å²) in [7, 11) is 2.05. The number of fused-ring (bicyclic) bond motifs is 1. The van der Waals surface area contributed by atoms with E-state index in [4.69, 9.17) is 10.5 Å². The van der Waals surface area contributed by atoms with Crippen LogP contribution in [0, 0.1) is 6.92 Å². The maximum atomic E-state index is 5.86. The Balaban J connectivity index is 1.86. The van der Waals surface area contributed by atoms with Crippen molar-refractivity contribution < 1.29 is 4.74 Å². The fourth-order valence-electron chi connectivity index (χ4n) is 2.43. The van der Waals surface area contributed by atoms with Crippen LogP contribution in [0.5, 0.6) is 5.75 Å². The van der Waals surface area contributed by atoms with Crippen molar-refractivity contribution in [1.29, 1.82) is 0 Å². The number of nitrogen functional groups attached to an aromatic ring is 1. The molecular formula is C17H18N2O. The van der Waals surface area contributed by atoms with Crippen molar-refractivity contribution in [1.82, 2.24) is 4.57 Å². The van der Waals surface area contributed by atoms with Crippen LogP contribution in [0.15, 0.2) is 48.5 Å². The summed E-state index contributed by atoms with van der Waals surface area (Å²) in [6, 6.07) is 16.2. The summed E-state index contributed by atoms with van der Waals surface area (Å²) in [5.74, 6) is 0.898. The van der Waals surface area contributed by atoms with Gasteiger partial charge < -0.3 is 15.0 Å². The molecule has 0 aliphatic rings. The number of nitrogens with zero attached hydrogens (tertiary/aromatic N) is 1. The lowest BCUT2D eigenvalue weighted by atomic mass is 10.2. The largest absolute Gasteiger partial charge is 0.487 e. The molecule has 0 aliphatic carbocycles. The fourth-order valence-corrected chi connectivity index (χ4v) is 2.43. The standard InChI is InChI=1S/C17H18N2O/c1-12-4-3-5-16(8-12)20-11-15-10-13-9-14(18)6-7-17(13)19(15)2/h3-10H,11,18H2,1-2H3. The molecule has 0 aliphatic heterocycles. The Labute approximate surface area is 118 Å². The molecule has 102 valence electrons. The Bertz CT molecular complexity index is 759. The monoisotopic (exact) mass is 266 g/mol. The lowest BCUT2D eigenvalue weighted by Gasteiger charge is -2.08. The zero-order valence-corrected chi connectivity index (χ0v) is 11.8. The molecule has 20 heavy (non-hydrogen) atoms.